The minimum absolute atomic E-state index is 0.225. The van der Waals surface area contributed by atoms with Gasteiger partial charge in [-0.2, -0.15) is 5.10 Å². The van der Waals surface area contributed by atoms with E-state index < -0.39 is 0 Å². The summed E-state index contributed by atoms with van der Waals surface area (Å²) < 4.78 is 3.10. The van der Waals surface area contributed by atoms with Gasteiger partial charge in [-0.15, -0.1) is 0 Å². The standard InChI is InChI=1S/C20H17N5O2/c1-24-20(27)17-5-3-2-4-16(17)18(23-24)19(26)22-12-14-6-8-15(9-7-14)25-11-10-21-13-25/h2-11,13H,12H2,1H3,(H,22,26). The number of fused-ring (bicyclic) bond motifs is 1. The lowest BCUT2D eigenvalue weighted by atomic mass is 10.1. The Morgan fingerprint density at radius 2 is 1.81 bits per heavy atom. The van der Waals surface area contributed by atoms with Crippen LogP contribution in [0.15, 0.2) is 72.0 Å². The van der Waals surface area contributed by atoms with E-state index in [2.05, 4.69) is 15.4 Å². The van der Waals surface area contributed by atoms with Crippen molar-refractivity contribution in [3.8, 4) is 5.69 Å². The summed E-state index contributed by atoms with van der Waals surface area (Å²) in [6.45, 7) is 0.363. The van der Waals surface area contributed by atoms with Crippen LogP contribution in [-0.4, -0.2) is 25.2 Å². The van der Waals surface area contributed by atoms with Crippen molar-refractivity contribution in [3.05, 3.63) is 88.9 Å². The molecule has 0 saturated carbocycles. The first-order chi connectivity index (χ1) is 13.1. The number of aromatic nitrogens is 4. The lowest BCUT2D eigenvalue weighted by Gasteiger charge is -2.09. The van der Waals surface area contributed by atoms with Gasteiger partial charge in [0.25, 0.3) is 11.5 Å². The molecule has 1 N–H and O–H groups in total. The summed E-state index contributed by atoms with van der Waals surface area (Å²) in [7, 11) is 1.54. The second-order valence-electron chi connectivity index (χ2n) is 6.14. The highest BCUT2D eigenvalue weighted by Gasteiger charge is 2.15. The first kappa shape index (κ1) is 16.7. The quantitative estimate of drug-likeness (QED) is 0.605. The summed E-state index contributed by atoms with van der Waals surface area (Å²) in [5.41, 5.74) is 1.97. The van der Waals surface area contributed by atoms with Crippen molar-refractivity contribution in [2.75, 3.05) is 0 Å². The zero-order valence-corrected chi connectivity index (χ0v) is 14.7. The van der Waals surface area contributed by atoms with Crippen molar-refractivity contribution in [2.24, 2.45) is 7.05 Å². The average molecular weight is 359 g/mol. The van der Waals surface area contributed by atoms with Crippen LogP contribution < -0.4 is 10.9 Å². The number of hydrogen-bond acceptors (Lipinski definition) is 4. The Labute approximate surface area is 154 Å². The average Bonchev–Trinajstić information content (AvgIpc) is 3.24. The number of aryl methyl sites for hydroxylation is 1. The van der Waals surface area contributed by atoms with Crippen molar-refractivity contribution < 1.29 is 4.79 Å². The smallest absolute Gasteiger partial charge is 0.274 e. The normalized spacial score (nSPS) is 10.9. The third-order valence-corrected chi connectivity index (χ3v) is 4.36. The highest BCUT2D eigenvalue weighted by Crippen LogP contribution is 2.13. The summed E-state index contributed by atoms with van der Waals surface area (Å²) in [4.78, 5) is 28.8. The number of carbonyl (C=O) groups is 1. The third-order valence-electron chi connectivity index (χ3n) is 4.36. The summed E-state index contributed by atoms with van der Waals surface area (Å²) in [6, 6.07) is 14.8. The second-order valence-corrected chi connectivity index (χ2v) is 6.14. The molecule has 0 spiro atoms. The van der Waals surface area contributed by atoms with Crippen molar-refractivity contribution in [1.29, 1.82) is 0 Å². The molecule has 1 amide bonds. The van der Waals surface area contributed by atoms with E-state index in [-0.39, 0.29) is 17.2 Å². The van der Waals surface area contributed by atoms with E-state index >= 15 is 0 Å². The summed E-state index contributed by atoms with van der Waals surface area (Å²) >= 11 is 0. The Morgan fingerprint density at radius 1 is 1.07 bits per heavy atom. The molecule has 0 aliphatic heterocycles. The van der Waals surface area contributed by atoms with Crippen LogP contribution in [0.2, 0.25) is 0 Å². The van der Waals surface area contributed by atoms with Crippen LogP contribution in [0, 0.1) is 0 Å². The van der Waals surface area contributed by atoms with Gasteiger partial charge in [-0.3, -0.25) is 9.59 Å². The van der Waals surface area contributed by atoms with Gasteiger partial charge in [0.15, 0.2) is 5.69 Å². The van der Waals surface area contributed by atoms with Gasteiger partial charge in [-0.1, -0.05) is 30.3 Å². The number of amides is 1. The van der Waals surface area contributed by atoms with Gasteiger partial charge in [0, 0.05) is 37.1 Å². The first-order valence-electron chi connectivity index (χ1n) is 8.45. The van der Waals surface area contributed by atoms with Crippen LogP contribution in [-0.2, 0) is 13.6 Å². The molecule has 7 nitrogen and oxygen atoms in total. The van der Waals surface area contributed by atoms with Crippen LogP contribution in [0.4, 0.5) is 0 Å². The fraction of sp³-hybridized carbons (Fsp3) is 0.100. The molecule has 4 aromatic rings. The van der Waals surface area contributed by atoms with E-state index in [1.807, 2.05) is 35.0 Å². The Bertz CT molecular complexity index is 1160. The lowest BCUT2D eigenvalue weighted by Crippen LogP contribution is -2.29. The lowest BCUT2D eigenvalue weighted by molar-refractivity contribution is 0.0945. The van der Waals surface area contributed by atoms with Crippen LogP contribution in [0.25, 0.3) is 16.5 Å². The molecular weight excluding hydrogens is 342 g/mol. The van der Waals surface area contributed by atoms with E-state index in [0.717, 1.165) is 11.3 Å². The largest absolute Gasteiger partial charge is 0.347 e. The fourth-order valence-corrected chi connectivity index (χ4v) is 2.93. The minimum atomic E-state index is -0.319. The molecule has 0 aliphatic rings. The number of nitrogens with zero attached hydrogens (tertiary/aromatic N) is 4. The molecule has 0 saturated heterocycles. The highest BCUT2D eigenvalue weighted by molar-refractivity contribution is 6.04. The van der Waals surface area contributed by atoms with Crippen molar-refractivity contribution in [2.45, 2.75) is 6.54 Å². The summed E-state index contributed by atoms with van der Waals surface area (Å²) in [6.07, 6.45) is 5.32. The molecule has 0 bridgehead atoms. The fourth-order valence-electron chi connectivity index (χ4n) is 2.93. The molecule has 0 fully saturated rings. The monoisotopic (exact) mass is 359 g/mol. The van der Waals surface area contributed by atoms with Crippen molar-refractivity contribution in [1.82, 2.24) is 24.6 Å². The molecule has 7 heteroatoms. The van der Waals surface area contributed by atoms with Crippen LogP contribution in [0.5, 0.6) is 0 Å². The van der Waals surface area contributed by atoms with E-state index in [1.165, 1.54) is 4.68 Å². The third kappa shape index (κ3) is 3.22. The molecule has 27 heavy (non-hydrogen) atoms. The van der Waals surface area contributed by atoms with E-state index in [9.17, 15) is 9.59 Å². The molecule has 2 aromatic heterocycles. The van der Waals surface area contributed by atoms with Crippen LogP contribution >= 0.6 is 0 Å². The maximum Gasteiger partial charge on any atom is 0.274 e. The molecule has 2 aromatic carbocycles. The molecule has 2 heterocycles. The SMILES string of the molecule is Cn1nc(C(=O)NCc2ccc(-n3ccnc3)cc2)c2ccccc2c1=O. The Morgan fingerprint density at radius 3 is 2.52 bits per heavy atom. The maximum atomic E-state index is 12.6. The van der Waals surface area contributed by atoms with E-state index in [0.29, 0.717) is 17.3 Å². The van der Waals surface area contributed by atoms with Gasteiger partial charge in [-0.05, 0) is 23.8 Å². The number of rotatable bonds is 4. The second kappa shape index (κ2) is 6.87. The van der Waals surface area contributed by atoms with Crippen LogP contribution in [0.3, 0.4) is 0 Å². The Balaban J connectivity index is 1.54. The zero-order valence-electron chi connectivity index (χ0n) is 14.7. The molecule has 0 aliphatic carbocycles. The van der Waals surface area contributed by atoms with E-state index in [4.69, 9.17) is 0 Å². The summed E-state index contributed by atoms with van der Waals surface area (Å²) in [5.74, 6) is -0.319. The van der Waals surface area contributed by atoms with Gasteiger partial charge < -0.3 is 9.88 Å². The topological polar surface area (TPSA) is 81.8 Å². The Kier molecular flexibility index (Phi) is 4.25. The molecular formula is C20H17N5O2. The number of imidazole rings is 1. The first-order valence-corrected chi connectivity index (χ1v) is 8.45. The van der Waals surface area contributed by atoms with Crippen molar-refractivity contribution >= 4 is 16.7 Å². The van der Waals surface area contributed by atoms with Gasteiger partial charge in [0.05, 0.1) is 11.7 Å². The number of hydrogen-bond donors (Lipinski definition) is 1. The predicted octanol–water partition coefficient (Wildman–Crippen LogP) is 2.05. The zero-order chi connectivity index (χ0) is 18.8. The van der Waals surface area contributed by atoms with E-state index in [1.54, 1.807) is 43.8 Å². The number of carbonyl (C=O) groups excluding carboxylic acids is 1. The molecule has 134 valence electrons. The molecule has 0 atom stereocenters. The van der Waals surface area contributed by atoms with Gasteiger partial charge in [0.1, 0.15) is 0 Å². The van der Waals surface area contributed by atoms with Gasteiger partial charge >= 0.3 is 0 Å². The van der Waals surface area contributed by atoms with Gasteiger partial charge in [0.2, 0.25) is 0 Å². The van der Waals surface area contributed by atoms with Gasteiger partial charge in [-0.25, -0.2) is 9.67 Å². The molecule has 4 rings (SSSR count). The predicted molar refractivity (Wildman–Crippen MR) is 102 cm³/mol. The minimum Gasteiger partial charge on any atom is -0.347 e. The number of nitrogens with one attached hydrogen (secondary N) is 1. The molecule has 0 radical (unpaired) electrons. The molecule has 0 unspecified atom stereocenters. The number of benzene rings is 2. The Hall–Kier alpha value is -3.74. The van der Waals surface area contributed by atoms with Crippen LogP contribution in [0.1, 0.15) is 16.1 Å². The van der Waals surface area contributed by atoms with Crippen molar-refractivity contribution in [3.63, 3.8) is 0 Å². The highest BCUT2D eigenvalue weighted by atomic mass is 16.2. The maximum absolute atomic E-state index is 12.6. The summed E-state index contributed by atoms with van der Waals surface area (Å²) in [5, 5.41) is 8.04.